The Bertz CT molecular complexity index is 1050. The van der Waals surface area contributed by atoms with E-state index in [-0.39, 0.29) is 26.7 Å². The van der Waals surface area contributed by atoms with Gasteiger partial charge in [0, 0.05) is 24.7 Å². The number of anilines is 2. The molecule has 0 bridgehead atoms. The number of rotatable bonds is 5. The van der Waals surface area contributed by atoms with Crippen LogP contribution in [0.3, 0.4) is 0 Å². The highest BCUT2D eigenvalue weighted by Gasteiger charge is 2.25. The van der Waals surface area contributed by atoms with Crippen LogP contribution in [0, 0.1) is 28.4 Å². The fourth-order valence-electron chi connectivity index (χ4n) is 3.41. The monoisotopic (exact) mass is 428 g/mol. The molecule has 1 N–H and O–H groups in total. The number of esters is 1. The molecule has 0 aliphatic carbocycles. The summed E-state index contributed by atoms with van der Waals surface area (Å²) in [5.74, 6) is -1.20. The number of amides is 1. The number of nitriles is 1. The van der Waals surface area contributed by atoms with Gasteiger partial charge in [-0.05, 0) is 43.9 Å². The molecule has 156 valence electrons. The van der Waals surface area contributed by atoms with Crippen molar-refractivity contribution in [2.24, 2.45) is 0 Å². The topological polar surface area (TPSA) is 126 Å². The molecule has 1 aliphatic heterocycles. The predicted octanol–water partition coefficient (Wildman–Crippen LogP) is 3.87. The molecule has 0 unspecified atom stereocenters. The largest absolute Gasteiger partial charge is 0.465 e. The van der Waals surface area contributed by atoms with Crippen LogP contribution in [0.1, 0.15) is 50.4 Å². The zero-order chi connectivity index (χ0) is 21.8. The van der Waals surface area contributed by atoms with Gasteiger partial charge in [-0.1, -0.05) is 0 Å². The highest BCUT2D eigenvalue weighted by molar-refractivity contribution is 7.18. The van der Waals surface area contributed by atoms with Crippen molar-refractivity contribution in [2.45, 2.75) is 26.2 Å². The molecule has 10 heteroatoms. The third-order valence-corrected chi connectivity index (χ3v) is 6.17. The number of hydrogen-bond acceptors (Lipinski definition) is 8. The van der Waals surface area contributed by atoms with Gasteiger partial charge < -0.3 is 15.0 Å². The first kappa shape index (κ1) is 21.3. The lowest BCUT2D eigenvalue weighted by Gasteiger charge is -2.28. The summed E-state index contributed by atoms with van der Waals surface area (Å²) in [5.41, 5.74) is 1.03. The molecule has 3 rings (SSSR count). The quantitative estimate of drug-likeness (QED) is 0.435. The van der Waals surface area contributed by atoms with Crippen LogP contribution in [0.15, 0.2) is 18.2 Å². The summed E-state index contributed by atoms with van der Waals surface area (Å²) in [7, 11) is 1.23. The van der Waals surface area contributed by atoms with Gasteiger partial charge in [0.2, 0.25) is 0 Å². The molecular weight excluding hydrogens is 408 g/mol. The molecule has 9 nitrogen and oxygen atoms in total. The van der Waals surface area contributed by atoms with Gasteiger partial charge in [-0.2, -0.15) is 5.26 Å². The summed E-state index contributed by atoms with van der Waals surface area (Å²) in [6.07, 6.45) is 3.03. The zero-order valence-corrected chi connectivity index (χ0v) is 17.4. The average molecular weight is 428 g/mol. The van der Waals surface area contributed by atoms with Crippen LogP contribution in [0.2, 0.25) is 0 Å². The number of nitrogens with zero attached hydrogens (tertiary/aromatic N) is 3. The van der Waals surface area contributed by atoms with Crippen molar-refractivity contribution in [3.8, 4) is 6.07 Å². The summed E-state index contributed by atoms with van der Waals surface area (Å²) in [6, 6.07) is 6.33. The van der Waals surface area contributed by atoms with Crippen molar-refractivity contribution in [1.29, 1.82) is 5.26 Å². The van der Waals surface area contributed by atoms with Crippen molar-refractivity contribution >= 4 is 39.6 Å². The first-order valence-corrected chi connectivity index (χ1v) is 10.2. The summed E-state index contributed by atoms with van der Waals surface area (Å²) < 4.78 is 4.70. The van der Waals surface area contributed by atoms with E-state index < -0.39 is 16.8 Å². The van der Waals surface area contributed by atoms with E-state index in [4.69, 9.17) is 4.74 Å². The molecule has 1 amide bonds. The number of nitrogens with one attached hydrogen (secondary N) is 1. The fraction of sp³-hybridized carbons (Fsp3) is 0.350. The number of benzene rings is 1. The molecule has 2 heterocycles. The van der Waals surface area contributed by atoms with E-state index in [0.29, 0.717) is 11.3 Å². The third kappa shape index (κ3) is 4.11. The molecule has 0 atom stereocenters. The van der Waals surface area contributed by atoms with E-state index in [0.717, 1.165) is 43.7 Å². The van der Waals surface area contributed by atoms with Crippen LogP contribution in [0.5, 0.6) is 0 Å². The van der Waals surface area contributed by atoms with Crippen LogP contribution in [-0.4, -0.2) is 37.0 Å². The fourth-order valence-corrected chi connectivity index (χ4v) is 4.48. The number of carbonyl (C=O) groups is 2. The number of ether oxygens (including phenoxy) is 1. The highest BCUT2D eigenvalue weighted by Crippen LogP contribution is 2.35. The van der Waals surface area contributed by atoms with Crippen LogP contribution in [-0.2, 0) is 4.74 Å². The molecule has 30 heavy (non-hydrogen) atoms. The maximum Gasteiger partial charge on any atom is 0.348 e. The second kappa shape index (κ2) is 8.92. The van der Waals surface area contributed by atoms with Gasteiger partial charge in [0.1, 0.15) is 21.6 Å². The smallest absolute Gasteiger partial charge is 0.348 e. The lowest BCUT2D eigenvalue weighted by atomic mass is 10.1. The zero-order valence-electron chi connectivity index (χ0n) is 16.6. The number of carbonyl (C=O) groups excluding carboxylic acids is 2. The molecule has 1 aromatic carbocycles. The van der Waals surface area contributed by atoms with Crippen molar-refractivity contribution < 1.29 is 19.2 Å². The molecule has 0 saturated carbocycles. The standard InChI is InChI=1S/C20H20N4O5S/c1-12-14(11-21)19(30-17(12)20(26)29-2)22-18(25)13-6-7-15(16(10-13)24(27)28)23-8-4-3-5-9-23/h6-7,10H,3-5,8-9H2,1-2H3,(H,22,25). The number of piperidine rings is 1. The lowest BCUT2D eigenvalue weighted by molar-refractivity contribution is -0.384. The van der Waals surface area contributed by atoms with Crippen molar-refractivity contribution in [3.05, 3.63) is 49.9 Å². The molecule has 1 aromatic heterocycles. The molecule has 1 fully saturated rings. The Morgan fingerprint density at radius 1 is 1.30 bits per heavy atom. The number of hydrogen-bond donors (Lipinski definition) is 1. The van der Waals surface area contributed by atoms with E-state index >= 15 is 0 Å². The molecule has 1 aliphatic rings. The van der Waals surface area contributed by atoms with Gasteiger partial charge >= 0.3 is 5.97 Å². The Labute approximate surface area is 177 Å². The van der Waals surface area contributed by atoms with Crippen LogP contribution in [0.25, 0.3) is 0 Å². The van der Waals surface area contributed by atoms with Gasteiger partial charge in [-0.15, -0.1) is 11.3 Å². The number of thiophene rings is 1. The molecule has 2 aromatic rings. The minimum atomic E-state index is -0.601. The summed E-state index contributed by atoms with van der Waals surface area (Å²) >= 11 is 0.932. The number of nitro groups is 1. The maximum atomic E-state index is 12.7. The van der Waals surface area contributed by atoms with Crippen LogP contribution in [0.4, 0.5) is 16.4 Å². The van der Waals surface area contributed by atoms with E-state index in [2.05, 4.69) is 5.32 Å². The van der Waals surface area contributed by atoms with Crippen molar-refractivity contribution in [3.63, 3.8) is 0 Å². The summed E-state index contributed by atoms with van der Waals surface area (Å²) in [5, 5.41) is 23.8. The Morgan fingerprint density at radius 2 is 2.00 bits per heavy atom. The van der Waals surface area contributed by atoms with Crippen LogP contribution < -0.4 is 10.2 Å². The second-order valence-corrected chi connectivity index (χ2v) is 7.85. The Hall–Kier alpha value is -3.45. The van der Waals surface area contributed by atoms with Gasteiger partial charge in [-0.25, -0.2) is 4.79 Å². The Kier molecular flexibility index (Phi) is 6.32. The summed E-state index contributed by atoms with van der Waals surface area (Å²) in [4.78, 5) is 37.9. The summed E-state index contributed by atoms with van der Waals surface area (Å²) in [6.45, 7) is 3.07. The predicted molar refractivity (Wildman–Crippen MR) is 112 cm³/mol. The first-order valence-electron chi connectivity index (χ1n) is 9.34. The van der Waals surface area contributed by atoms with Crippen molar-refractivity contribution in [1.82, 2.24) is 0 Å². The molecule has 0 radical (unpaired) electrons. The normalized spacial score (nSPS) is 13.4. The third-order valence-electron chi connectivity index (χ3n) is 4.99. The van der Waals surface area contributed by atoms with E-state index in [1.165, 1.54) is 19.2 Å². The highest BCUT2D eigenvalue weighted by atomic mass is 32.1. The number of methoxy groups -OCH3 is 1. The minimum Gasteiger partial charge on any atom is -0.465 e. The first-order chi connectivity index (χ1) is 14.4. The van der Waals surface area contributed by atoms with Crippen LogP contribution >= 0.6 is 11.3 Å². The van der Waals surface area contributed by atoms with Gasteiger partial charge in [0.05, 0.1) is 17.6 Å². The van der Waals surface area contributed by atoms with E-state index in [9.17, 15) is 25.0 Å². The lowest BCUT2D eigenvalue weighted by Crippen LogP contribution is -2.30. The minimum absolute atomic E-state index is 0.0945. The van der Waals surface area contributed by atoms with Gasteiger partial charge in [-0.3, -0.25) is 14.9 Å². The Balaban J connectivity index is 1.91. The Morgan fingerprint density at radius 3 is 2.60 bits per heavy atom. The maximum absolute atomic E-state index is 12.7. The van der Waals surface area contributed by atoms with Crippen molar-refractivity contribution in [2.75, 3.05) is 30.4 Å². The van der Waals surface area contributed by atoms with Gasteiger partial charge in [0.25, 0.3) is 11.6 Å². The SMILES string of the molecule is COC(=O)c1sc(NC(=O)c2ccc(N3CCCCC3)c([N+](=O)[O-])c2)c(C#N)c1C. The number of nitro benzene ring substituents is 1. The molecule has 0 spiro atoms. The average Bonchev–Trinajstić information content (AvgIpc) is 3.08. The second-order valence-electron chi connectivity index (χ2n) is 6.83. The van der Waals surface area contributed by atoms with E-state index in [1.807, 2.05) is 11.0 Å². The molecule has 1 saturated heterocycles. The van der Waals surface area contributed by atoms with Gasteiger partial charge in [0.15, 0.2) is 0 Å². The molecular formula is C20H20N4O5S. The van der Waals surface area contributed by atoms with E-state index in [1.54, 1.807) is 13.0 Å².